The van der Waals surface area contributed by atoms with E-state index in [4.69, 9.17) is 21.7 Å². The molecule has 2 aromatic rings. The average Bonchev–Trinajstić information content (AvgIpc) is 2.98. The summed E-state index contributed by atoms with van der Waals surface area (Å²) in [5, 5.41) is 9.94. The highest BCUT2D eigenvalue weighted by Gasteiger charge is 2.11. The number of H-pyrrole nitrogens is 1. The summed E-state index contributed by atoms with van der Waals surface area (Å²) in [6.45, 7) is 4.27. The quantitative estimate of drug-likeness (QED) is 0.500. The lowest BCUT2D eigenvalue weighted by Crippen LogP contribution is -2.26. The molecular weight excluding hydrogens is 340 g/mol. The first kappa shape index (κ1) is 19.1. The standard InChI is InChI=1S/C17H24N4O3S/c1-3-24-14-7-5-13(6-8-14)16-19-20-17(25)21(16)11-9-15(22)18-10-4-12-23-2/h5-8H,3-4,9-12H2,1-2H3,(H,18,22)(H,20,25). The predicted octanol–water partition coefficient (Wildman–Crippen LogP) is 2.55. The Morgan fingerprint density at radius 3 is 2.80 bits per heavy atom. The molecule has 0 spiro atoms. The molecule has 0 radical (unpaired) electrons. The number of nitrogens with zero attached hydrogens (tertiary/aromatic N) is 2. The highest BCUT2D eigenvalue weighted by molar-refractivity contribution is 7.71. The van der Waals surface area contributed by atoms with Crippen molar-refractivity contribution in [1.82, 2.24) is 20.1 Å². The van der Waals surface area contributed by atoms with Crippen LogP contribution in [0.15, 0.2) is 24.3 Å². The van der Waals surface area contributed by atoms with Crippen molar-refractivity contribution in [2.24, 2.45) is 0 Å². The number of rotatable bonds is 10. The fraction of sp³-hybridized carbons (Fsp3) is 0.471. The largest absolute Gasteiger partial charge is 0.494 e. The lowest BCUT2D eigenvalue weighted by Gasteiger charge is -2.09. The summed E-state index contributed by atoms with van der Waals surface area (Å²) in [6, 6.07) is 7.64. The second-order valence-corrected chi connectivity index (χ2v) is 5.79. The van der Waals surface area contributed by atoms with Gasteiger partial charge in [0.25, 0.3) is 0 Å². The zero-order valence-electron chi connectivity index (χ0n) is 14.6. The van der Waals surface area contributed by atoms with Crippen LogP contribution in [0.25, 0.3) is 11.4 Å². The van der Waals surface area contributed by atoms with E-state index in [1.807, 2.05) is 35.8 Å². The zero-order chi connectivity index (χ0) is 18.1. The van der Waals surface area contributed by atoms with E-state index in [0.717, 1.165) is 17.7 Å². The van der Waals surface area contributed by atoms with E-state index in [1.165, 1.54) is 0 Å². The monoisotopic (exact) mass is 364 g/mol. The maximum absolute atomic E-state index is 11.9. The lowest BCUT2D eigenvalue weighted by atomic mass is 10.2. The third-order valence-electron chi connectivity index (χ3n) is 3.59. The predicted molar refractivity (Wildman–Crippen MR) is 98.1 cm³/mol. The van der Waals surface area contributed by atoms with Crippen molar-refractivity contribution in [3.05, 3.63) is 29.0 Å². The van der Waals surface area contributed by atoms with Crippen molar-refractivity contribution in [3.8, 4) is 17.1 Å². The van der Waals surface area contributed by atoms with Crippen LogP contribution in [0, 0.1) is 4.77 Å². The normalized spacial score (nSPS) is 10.6. The van der Waals surface area contributed by atoms with Crippen molar-refractivity contribution in [2.75, 3.05) is 26.9 Å². The van der Waals surface area contributed by atoms with Gasteiger partial charge in [0.15, 0.2) is 10.6 Å². The summed E-state index contributed by atoms with van der Waals surface area (Å²) in [4.78, 5) is 11.9. The molecule has 1 amide bonds. The van der Waals surface area contributed by atoms with Crippen LogP contribution in [0.5, 0.6) is 5.75 Å². The number of ether oxygens (including phenoxy) is 2. The molecule has 0 fully saturated rings. The fourth-order valence-electron chi connectivity index (χ4n) is 2.36. The van der Waals surface area contributed by atoms with Crippen LogP contribution in [-0.2, 0) is 16.1 Å². The molecule has 0 atom stereocenters. The molecule has 0 unspecified atom stereocenters. The van der Waals surface area contributed by atoms with Crippen LogP contribution in [0.3, 0.4) is 0 Å². The first-order chi connectivity index (χ1) is 12.2. The third kappa shape index (κ3) is 5.68. The van der Waals surface area contributed by atoms with Crippen molar-refractivity contribution >= 4 is 18.1 Å². The van der Waals surface area contributed by atoms with E-state index in [-0.39, 0.29) is 5.91 Å². The van der Waals surface area contributed by atoms with E-state index in [1.54, 1.807) is 7.11 Å². The molecule has 2 rings (SSSR count). The van der Waals surface area contributed by atoms with Gasteiger partial charge in [0.05, 0.1) is 6.61 Å². The van der Waals surface area contributed by atoms with E-state index in [9.17, 15) is 4.79 Å². The minimum atomic E-state index is -0.0168. The van der Waals surface area contributed by atoms with Gasteiger partial charge < -0.3 is 14.8 Å². The molecule has 1 aromatic carbocycles. The molecule has 25 heavy (non-hydrogen) atoms. The zero-order valence-corrected chi connectivity index (χ0v) is 15.4. The van der Waals surface area contributed by atoms with Gasteiger partial charge in [-0.05, 0) is 49.8 Å². The Morgan fingerprint density at radius 1 is 1.36 bits per heavy atom. The minimum absolute atomic E-state index is 0.0168. The van der Waals surface area contributed by atoms with Gasteiger partial charge in [-0.2, -0.15) is 5.10 Å². The maximum atomic E-state index is 11.9. The molecule has 0 bridgehead atoms. The number of carbonyl (C=O) groups is 1. The van der Waals surface area contributed by atoms with Gasteiger partial charge in [-0.3, -0.25) is 14.5 Å². The number of hydrogen-bond acceptors (Lipinski definition) is 5. The van der Waals surface area contributed by atoms with E-state index >= 15 is 0 Å². The molecule has 1 aromatic heterocycles. The van der Waals surface area contributed by atoms with Crippen LogP contribution >= 0.6 is 12.2 Å². The Balaban J connectivity index is 1.99. The molecule has 0 saturated heterocycles. The Morgan fingerprint density at radius 2 is 2.12 bits per heavy atom. The van der Waals surface area contributed by atoms with Crippen LogP contribution in [0.2, 0.25) is 0 Å². The Labute approximate surface area is 152 Å². The highest BCUT2D eigenvalue weighted by Crippen LogP contribution is 2.21. The fourth-order valence-corrected chi connectivity index (χ4v) is 2.58. The number of hydrogen-bond donors (Lipinski definition) is 2. The summed E-state index contributed by atoms with van der Waals surface area (Å²) < 4.78 is 12.7. The molecule has 0 aliphatic heterocycles. The van der Waals surface area contributed by atoms with Gasteiger partial charge in [0.2, 0.25) is 5.91 Å². The molecule has 7 nitrogen and oxygen atoms in total. The summed E-state index contributed by atoms with van der Waals surface area (Å²) >= 11 is 5.29. The van der Waals surface area contributed by atoms with Gasteiger partial charge >= 0.3 is 0 Å². The van der Waals surface area contributed by atoms with Gasteiger partial charge in [0, 0.05) is 38.8 Å². The highest BCUT2D eigenvalue weighted by atomic mass is 32.1. The van der Waals surface area contributed by atoms with Crippen LogP contribution in [0.4, 0.5) is 0 Å². The average molecular weight is 364 g/mol. The van der Waals surface area contributed by atoms with Gasteiger partial charge in [-0.1, -0.05) is 0 Å². The Hall–Kier alpha value is -2.19. The van der Waals surface area contributed by atoms with Crippen molar-refractivity contribution < 1.29 is 14.3 Å². The van der Waals surface area contributed by atoms with Crippen LogP contribution in [-0.4, -0.2) is 47.5 Å². The van der Waals surface area contributed by atoms with Gasteiger partial charge in [-0.25, -0.2) is 0 Å². The number of amides is 1. The number of aromatic amines is 1. The van der Waals surface area contributed by atoms with Crippen molar-refractivity contribution in [1.29, 1.82) is 0 Å². The first-order valence-corrected chi connectivity index (χ1v) is 8.70. The van der Waals surface area contributed by atoms with Gasteiger partial charge in [0.1, 0.15) is 5.75 Å². The van der Waals surface area contributed by atoms with Gasteiger partial charge in [-0.15, -0.1) is 0 Å². The van der Waals surface area contributed by atoms with E-state index in [2.05, 4.69) is 15.5 Å². The second-order valence-electron chi connectivity index (χ2n) is 5.41. The Bertz CT molecular complexity index is 724. The number of benzene rings is 1. The third-order valence-corrected chi connectivity index (χ3v) is 3.90. The molecule has 136 valence electrons. The first-order valence-electron chi connectivity index (χ1n) is 8.29. The topological polar surface area (TPSA) is 81.2 Å². The number of nitrogens with one attached hydrogen (secondary N) is 2. The number of aromatic nitrogens is 3. The second kappa shape index (κ2) is 9.95. The molecule has 1 heterocycles. The summed E-state index contributed by atoms with van der Waals surface area (Å²) in [5.74, 6) is 1.50. The number of carbonyl (C=O) groups excluding carboxylic acids is 1. The summed E-state index contributed by atoms with van der Waals surface area (Å²) in [7, 11) is 1.64. The van der Waals surface area contributed by atoms with Crippen LogP contribution in [0.1, 0.15) is 19.8 Å². The molecule has 0 aliphatic rings. The maximum Gasteiger partial charge on any atom is 0.221 e. The molecule has 2 N–H and O–H groups in total. The van der Waals surface area contributed by atoms with E-state index < -0.39 is 0 Å². The minimum Gasteiger partial charge on any atom is -0.494 e. The van der Waals surface area contributed by atoms with Crippen molar-refractivity contribution in [3.63, 3.8) is 0 Å². The molecular formula is C17H24N4O3S. The summed E-state index contributed by atoms with van der Waals surface area (Å²) in [6.07, 6.45) is 1.13. The molecule has 0 saturated carbocycles. The van der Waals surface area contributed by atoms with Crippen molar-refractivity contribution in [2.45, 2.75) is 26.3 Å². The smallest absolute Gasteiger partial charge is 0.221 e. The Kier molecular flexibility index (Phi) is 7.62. The van der Waals surface area contributed by atoms with E-state index in [0.29, 0.717) is 43.3 Å². The lowest BCUT2D eigenvalue weighted by molar-refractivity contribution is -0.121. The number of methoxy groups -OCH3 is 1. The van der Waals surface area contributed by atoms with Crippen LogP contribution < -0.4 is 10.1 Å². The summed E-state index contributed by atoms with van der Waals surface area (Å²) in [5.41, 5.74) is 0.913. The molecule has 0 aliphatic carbocycles. The SMILES string of the molecule is CCOc1ccc(-c2n[nH]c(=S)n2CCC(=O)NCCCOC)cc1. The molecule has 8 heteroatoms.